The molecular weight excluding hydrogens is 303 g/mol. The maximum absolute atomic E-state index is 11.1. The third-order valence-electron chi connectivity index (χ3n) is 2.00. The van der Waals surface area contributed by atoms with E-state index in [-0.39, 0.29) is 4.90 Å². The van der Waals surface area contributed by atoms with Gasteiger partial charge in [-0.2, -0.15) is 8.42 Å². The summed E-state index contributed by atoms with van der Waals surface area (Å²) in [5, 5.41) is 0. The van der Waals surface area contributed by atoms with E-state index in [1.807, 2.05) is 6.92 Å². The lowest BCUT2D eigenvalue weighted by molar-refractivity contribution is 0.243. The summed E-state index contributed by atoms with van der Waals surface area (Å²) < 4.78 is 46.0. The van der Waals surface area contributed by atoms with Crippen molar-refractivity contribution >= 4 is 18.4 Å². The second kappa shape index (κ2) is 9.96. The summed E-state index contributed by atoms with van der Waals surface area (Å²) in [6.07, 6.45) is 0. The Bertz CT molecular complexity index is 489. The first kappa shape index (κ1) is 19.1. The summed E-state index contributed by atoms with van der Waals surface area (Å²) in [6.45, 7) is 6.31. The third-order valence-corrected chi connectivity index (χ3v) is 4.22. The molecule has 0 spiro atoms. The monoisotopic (exact) mass is 323 g/mol. The molecule has 0 N–H and O–H groups in total. The van der Waals surface area contributed by atoms with E-state index in [2.05, 4.69) is 13.2 Å². The Kier molecular flexibility index (Phi) is 9.54. The quantitative estimate of drug-likeness (QED) is 0.591. The predicted octanol–water partition coefficient (Wildman–Crippen LogP) is 3.05. The Morgan fingerprint density at radius 2 is 1.50 bits per heavy atom. The third kappa shape index (κ3) is 7.67. The largest absolute Gasteiger partial charge is 0.697 e. The molecule has 0 heterocycles. The Morgan fingerprint density at radius 1 is 1.05 bits per heavy atom. The fraction of sp³-hybridized carbons (Fsp3) is 0.500. The van der Waals surface area contributed by atoms with E-state index in [9.17, 15) is 13.0 Å². The fourth-order valence-corrected chi connectivity index (χ4v) is 2.21. The molecule has 0 saturated heterocycles. The molecule has 6 nitrogen and oxygen atoms in total. The van der Waals surface area contributed by atoms with Crippen molar-refractivity contribution < 1.29 is 26.2 Å². The molecule has 0 aliphatic heterocycles. The molecule has 0 aromatic heterocycles. The lowest BCUT2D eigenvalue weighted by Crippen LogP contribution is -2.02. The maximum atomic E-state index is 11.1. The van der Waals surface area contributed by atoms with Gasteiger partial charge in [-0.05, 0) is 32.9 Å². The van der Waals surface area contributed by atoms with Gasteiger partial charge < -0.3 is 0 Å². The zero-order valence-corrected chi connectivity index (χ0v) is 13.7. The molecule has 20 heavy (non-hydrogen) atoms. The van der Waals surface area contributed by atoms with Gasteiger partial charge in [0.05, 0.1) is 12.0 Å². The van der Waals surface area contributed by atoms with Crippen LogP contribution in [0.5, 0.6) is 0 Å². The summed E-state index contributed by atoms with van der Waals surface area (Å²) in [5.74, 6) is 0. The van der Waals surface area contributed by atoms with Crippen molar-refractivity contribution in [3.63, 3.8) is 0 Å². The fourth-order valence-electron chi connectivity index (χ4n) is 1.05. The van der Waals surface area contributed by atoms with Crippen LogP contribution >= 0.6 is 8.25 Å². The smallest absolute Gasteiger partial charge is 0.270 e. The molecule has 8 heteroatoms. The number of aryl methyl sites for hydroxylation is 1. The van der Waals surface area contributed by atoms with Crippen LogP contribution in [-0.4, -0.2) is 28.7 Å². The van der Waals surface area contributed by atoms with Gasteiger partial charge in [0.15, 0.2) is 0 Å². The van der Waals surface area contributed by atoms with Gasteiger partial charge in [-0.1, -0.05) is 17.7 Å². The van der Waals surface area contributed by atoms with Crippen molar-refractivity contribution in [1.82, 2.24) is 0 Å². The van der Waals surface area contributed by atoms with Crippen LogP contribution in [0.4, 0.5) is 0 Å². The minimum atomic E-state index is -3.51. The maximum Gasteiger partial charge on any atom is 0.697 e. The predicted molar refractivity (Wildman–Crippen MR) is 76.2 cm³/mol. The molecule has 0 amide bonds. The molecule has 0 unspecified atom stereocenters. The van der Waals surface area contributed by atoms with Crippen LogP contribution in [0.2, 0.25) is 0 Å². The van der Waals surface area contributed by atoms with Crippen molar-refractivity contribution in [3.05, 3.63) is 29.8 Å². The molecule has 1 rings (SSSR count). The molecule has 1 aromatic rings. The van der Waals surface area contributed by atoms with Crippen LogP contribution in [0.1, 0.15) is 19.4 Å². The van der Waals surface area contributed by atoms with Crippen LogP contribution < -0.4 is 0 Å². The van der Waals surface area contributed by atoms with Crippen molar-refractivity contribution in [3.8, 4) is 0 Å². The standard InChI is InChI=1S/C8H10O3S.C4H10O3P/c1-7-3-5-8(6-4-7)12(9,10)11-2;1-3-6-8(5)7-4-2/h3-6H,1-2H3;3-4H2,1-2H3/q;+1. The van der Waals surface area contributed by atoms with Crippen LogP contribution in [-0.2, 0) is 27.9 Å². The highest BCUT2D eigenvalue weighted by Crippen LogP contribution is 2.21. The van der Waals surface area contributed by atoms with Gasteiger partial charge >= 0.3 is 8.25 Å². The summed E-state index contributed by atoms with van der Waals surface area (Å²) in [7, 11) is -4.20. The van der Waals surface area contributed by atoms with Crippen LogP contribution in [0.15, 0.2) is 29.2 Å². The zero-order valence-electron chi connectivity index (χ0n) is 12.0. The van der Waals surface area contributed by atoms with Crippen LogP contribution in [0.3, 0.4) is 0 Å². The number of rotatable bonds is 6. The van der Waals surface area contributed by atoms with Gasteiger partial charge in [-0.15, -0.1) is 9.05 Å². The molecule has 0 atom stereocenters. The van der Waals surface area contributed by atoms with Gasteiger partial charge in [-0.25, -0.2) is 0 Å². The number of benzene rings is 1. The average Bonchev–Trinajstić information content (AvgIpc) is 2.40. The molecule has 0 saturated carbocycles. The highest BCUT2D eigenvalue weighted by atomic mass is 32.2. The Balaban J connectivity index is 0.000000396. The van der Waals surface area contributed by atoms with Crippen molar-refractivity contribution in [2.24, 2.45) is 0 Å². The highest BCUT2D eigenvalue weighted by Gasteiger charge is 2.15. The Hall–Kier alpha value is -0.850. The summed E-state index contributed by atoms with van der Waals surface area (Å²) in [4.78, 5) is 0.190. The summed E-state index contributed by atoms with van der Waals surface area (Å²) in [6, 6.07) is 6.50. The van der Waals surface area contributed by atoms with E-state index in [4.69, 9.17) is 0 Å². The molecule has 1 aromatic carbocycles. The lowest BCUT2D eigenvalue weighted by atomic mass is 10.2. The minimum absolute atomic E-state index is 0.190. The lowest BCUT2D eigenvalue weighted by Gasteiger charge is -2.00. The molecule has 0 aliphatic rings. The van der Waals surface area contributed by atoms with Crippen molar-refractivity contribution in [2.45, 2.75) is 25.7 Å². The average molecular weight is 323 g/mol. The van der Waals surface area contributed by atoms with E-state index < -0.39 is 18.4 Å². The van der Waals surface area contributed by atoms with E-state index in [0.717, 1.165) is 12.7 Å². The van der Waals surface area contributed by atoms with Crippen LogP contribution in [0.25, 0.3) is 0 Å². The topological polar surface area (TPSA) is 78.9 Å². The van der Waals surface area contributed by atoms with Gasteiger partial charge in [0.25, 0.3) is 10.1 Å². The molecule has 0 fully saturated rings. The first-order valence-electron chi connectivity index (χ1n) is 5.97. The van der Waals surface area contributed by atoms with Gasteiger partial charge in [-0.3, -0.25) is 4.18 Å². The van der Waals surface area contributed by atoms with Gasteiger partial charge in [0.1, 0.15) is 13.2 Å². The van der Waals surface area contributed by atoms with E-state index in [1.165, 1.54) is 12.1 Å². The van der Waals surface area contributed by atoms with Crippen LogP contribution in [0, 0.1) is 6.92 Å². The number of hydrogen-bond donors (Lipinski definition) is 0. The SMILES string of the molecule is CCO[P+](=O)OCC.COS(=O)(=O)c1ccc(C)cc1. The second-order valence-corrected chi connectivity index (χ2v) is 6.17. The van der Waals surface area contributed by atoms with Crippen molar-refractivity contribution in [2.75, 3.05) is 20.3 Å². The van der Waals surface area contributed by atoms with Gasteiger partial charge in [0, 0.05) is 4.57 Å². The van der Waals surface area contributed by atoms with Gasteiger partial charge in [0.2, 0.25) is 0 Å². The highest BCUT2D eigenvalue weighted by molar-refractivity contribution is 7.86. The van der Waals surface area contributed by atoms with Crippen molar-refractivity contribution in [1.29, 1.82) is 0 Å². The minimum Gasteiger partial charge on any atom is -0.270 e. The molecule has 0 aliphatic carbocycles. The molecular formula is C12H20O6PS+. The van der Waals surface area contributed by atoms with E-state index in [0.29, 0.717) is 13.2 Å². The Morgan fingerprint density at radius 3 is 1.85 bits per heavy atom. The molecule has 0 radical (unpaired) electrons. The van der Waals surface area contributed by atoms with E-state index in [1.54, 1.807) is 26.0 Å². The summed E-state index contributed by atoms with van der Waals surface area (Å²) >= 11 is 0. The second-order valence-electron chi connectivity index (χ2n) is 3.49. The first-order chi connectivity index (χ1) is 9.37. The Labute approximate surface area is 121 Å². The zero-order chi connectivity index (χ0) is 15.6. The van der Waals surface area contributed by atoms with E-state index >= 15 is 0 Å². The summed E-state index contributed by atoms with van der Waals surface area (Å²) in [5.41, 5.74) is 1.02. The first-order valence-corrected chi connectivity index (χ1v) is 8.48. The normalized spacial score (nSPS) is 10.6. The molecule has 0 bridgehead atoms. The number of hydrogen-bond acceptors (Lipinski definition) is 6. The molecule has 114 valence electrons.